The average molecular weight is 292 g/mol. The first-order chi connectivity index (χ1) is 10.0. The summed E-state index contributed by atoms with van der Waals surface area (Å²) in [7, 11) is 0. The van der Waals surface area contributed by atoms with Gasteiger partial charge in [0.05, 0.1) is 0 Å². The van der Waals surface area contributed by atoms with E-state index in [1.54, 1.807) is 13.0 Å². The molecule has 0 aliphatic heterocycles. The fourth-order valence-electron chi connectivity index (χ4n) is 2.10. The third-order valence-corrected chi connectivity index (χ3v) is 3.49. The number of amides is 1. The molecule has 0 saturated heterocycles. The Labute approximate surface area is 128 Å². The van der Waals surface area contributed by atoms with Crippen LogP contribution in [0.1, 0.15) is 51.5 Å². The molecular formula is C17H28N2O2. The number of anilines is 2. The third-order valence-electron chi connectivity index (χ3n) is 3.49. The summed E-state index contributed by atoms with van der Waals surface area (Å²) in [5.41, 5.74) is 8.13. The number of nitrogens with two attached hydrogens (primary N) is 1. The van der Waals surface area contributed by atoms with Crippen LogP contribution in [-0.2, 0) is 9.53 Å². The molecule has 4 nitrogen and oxygen atoms in total. The zero-order chi connectivity index (χ0) is 15.7. The minimum Gasteiger partial charge on any atom is -0.399 e. The number of nitrogen functional groups attached to an aromatic ring is 1. The standard InChI is InChI=1S/C17H28N2O2/c1-4-5-6-7-8-11-21-14(3)17(20)19-16-10-9-15(18)12-13(16)2/h9-10,12,14H,4-8,11,18H2,1-3H3,(H,19,20). The summed E-state index contributed by atoms with van der Waals surface area (Å²) < 4.78 is 5.58. The first-order valence-corrected chi connectivity index (χ1v) is 7.83. The number of hydrogen-bond donors (Lipinski definition) is 2. The Kier molecular flexibility index (Phi) is 7.83. The molecule has 1 aromatic carbocycles. The Hall–Kier alpha value is -1.55. The topological polar surface area (TPSA) is 64.3 Å². The number of aryl methyl sites for hydroxylation is 1. The minimum absolute atomic E-state index is 0.114. The highest BCUT2D eigenvalue weighted by atomic mass is 16.5. The zero-order valence-corrected chi connectivity index (χ0v) is 13.4. The van der Waals surface area contributed by atoms with Crippen molar-refractivity contribution in [3.8, 4) is 0 Å². The summed E-state index contributed by atoms with van der Waals surface area (Å²) in [5, 5.41) is 2.88. The Bertz CT molecular complexity index is 446. The predicted molar refractivity (Wildman–Crippen MR) is 88.4 cm³/mol. The number of rotatable bonds is 9. The van der Waals surface area contributed by atoms with Crippen molar-refractivity contribution in [3.63, 3.8) is 0 Å². The van der Waals surface area contributed by atoms with E-state index in [4.69, 9.17) is 10.5 Å². The maximum Gasteiger partial charge on any atom is 0.253 e. The van der Waals surface area contributed by atoms with Crippen LogP contribution >= 0.6 is 0 Å². The van der Waals surface area contributed by atoms with Crippen molar-refractivity contribution >= 4 is 17.3 Å². The van der Waals surface area contributed by atoms with Crippen molar-refractivity contribution in [2.24, 2.45) is 0 Å². The van der Waals surface area contributed by atoms with E-state index >= 15 is 0 Å². The lowest BCUT2D eigenvalue weighted by Gasteiger charge is -2.15. The summed E-state index contributed by atoms with van der Waals surface area (Å²) in [5.74, 6) is -0.114. The molecule has 0 fully saturated rings. The number of hydrogen-bond acceptors (Lipinski definition) is 3. The summed E-state index contributed by atoms with van der Waals surface area (Å²) in [6, 6.07) is 5.44. The number of ether oxygens (including phenoxy) is 1. The van der Waals surface area contributed by atoms with Gasteiger partial charge in [-0.1, -0.05) is 32.6 Å². The Morgan fingerprint density at radius 1 is 1.29 bits per heavy atom. The quantitative estimate of drug-likeness (QED) is 0.536. The summed E-state index contributed by atoms with van der Waals surface area (Å²) in [6.07, 6.45) is 5.49. The van der Waals surface area contributed by atoms with E-state index in [-0.39, 0.29) is 5.91 Å². The molecule has 1 rings (SSSR count). The van der Waals surface area contributed by atoms with Crippen LogP contribution in [0, 0.1) is 6.92 Å². The average Bonchev–Trinajstić information content (AvgIpc) is 2.45. The lowest BCUT2D eigenvalue weighted by molar-refractivity contribution is -0.126. The smallest absolute Gasteiger partial charge is 0.253 e. The Morgan fingerprint density at radius 3 is 2.67 bits per heavy atom. The normalized spacial score (nSPS) is 12.1. The van der Waals surface area contributed by atoms with Crippen LogP contribution < -0.4 is 11.1 Å². The molecule has 0 aromatic heterocycles. The van der Waals surface area contributed by atoms with Gasteiger partial charge in [-0.2, -0.15) is 0 Å². The molecule has 1 atom stereocenters. The molecule has 0 aliphatic carbocycles. The van der Waals surface area contributed by atoms with Gasteiger partial charge in [0.25, 0.3) is 5.91 Å². The fourth-order valence-corrected chi connectivity index (χ4v) is 2.10. The van der Waals surface area contributed by atoms with Crippen LogP contribution in [0.3, 0.4) is 0 Å². The van der Waals surface area contributed by atoms with Crippen LogP contribution in [0.4, 0.5) is 11.4 Å². The second-order valence-electron chi connectivity index (χ2n) is 5.49. The van der Waals surface area contributed by atoms with Gasteiger partial charge in [-0.15, -0.1) is 0 Å². The zero-order valence-electron chi connectivity index (χ0n) is 13.4. The van der Waals surface area contributed by atoms with E-state index in [1.807, 2.05) is 19.1 Å². The molecule has 1 amide bonds. The van der Waals surface area contributed by atoms with Crippen LogP contribution in [0.2, 0.25) is 0 Å². The van der Waals surface area contributed by atoms with E-state index in [0.29, 0.717) is 12.3 Å². The van der Waals surface area contributed by atoms with Gasteiger partial charge in [0, 0.05) is 18.0 Å². The van der Waals surface area contributed by atoms with Crippen LogP contribution in [0.15, 0.2) is 18.2 Å². The molecule has 1 aromatic rings. The van der Waals surface area contributed by atoms with Crippen molar-refractivity contribution in [3.05, 3.63) is 23.8 Å². The van der Waals surface area contributed by atoms with Crippen molar-refractivity contribution in [1.82, 2.24) is 0 Å². The van der Waals surface area contributed by atoms with Crippen molar-refractivity contribution < 1.29 is 9.53 Å². The Balaban J connectivity index is 2.30. The van der Waals surface area contributed by atoms with Gasteiger partial charge in [-0.25, -0.2) is 0 Å². The minimum atomic E-state index is -0.437. The lowest BCUT2D eigenvalue weighted by atomic mass is 10.1. The largest absolute Gasteiger partial charge is 0.399 e. The van der Waals surface area contributed by atoms with Crippen LogP contribution in [0.25, 0.3) is 0 Å². The van der Waals surface area contributed by atoms with E-state index in [2.05, 4.69) is 12.2 Å². The molecular weight excluding hydrogens is 264 g/mol. The van der Waals surface area contributed by atoms with Gasteiger partial charge in [-0.05, 0) is 44.0 Å². The molecule has 0 radical (unpaired) electrons. The molecule has 0 spiro atoms. The van der Waals surface area contributed by atoms with Gasteiger partial charge >= 0.3 is 0 Å². The van der Waals surface area contributed by atoms with Crippen LogP contribution in [0.5, 0.6) is 0 Å². The van der Waals surface area contributed by atoms with Crippen molar-refractivity contribution in [1.29, 1.82) is 0 Å². The van der Waals surface area contributed by atoms with E-state index in [1.165, 1.54) is 25.7 Å². The number of benzene rings is 1. The Morgan fingerprint density at radius 2 is 2.00 bits per heavy atom. The number of carbonyl (C=O) groups is 1. The first-order valence-electron chi connectivity index (χ1n) is 7.83. The van der Waals surface area contributed by atoms with Crippen molar-refractivity contribution in [2.45, 2.75) is 59.0 Å². The van der Waals surface area contributed by atoms with Gasteiger partial charge < -0.3 is 15.8 Å². The summed E-state index contributed by atoms with van der Waals surface area (Å²) in [6.45, 7) is 6.54. The number of carbonyl (C=O) groups excluding carboxylic acids is 1. The van der Waals surface area contributed by atoms with Gasteiger partial charge in [0.15, 0.2) is 0 Å². The highest BCUT2D eigenvalue weighted by molar-refractivity contribution is 5.94. The molecule has 3 N–H and O–H groups in total. The van der Waals surface area contributed by atoms with E-state index in [9.17, 15) is 4.79 Å². The highest BCUT2D eigenvalue weighted by Gasteiger charge is 2.14. The second-order valence-corrected chi connectivity index (χ2v) is 5.49. The monoisotopic (exact) mass is 292 g/mol. The SMILES string of the molecule is CCCCCCCOC(C)C(=O)Nc1ccc(N)cc1C. The predicted octanol–water partition coefficient (Wildman–Crippen LogP) is 3.89. The fraction of sp³-hybridized carbons (Fsp3) is 0.588. The molecule has 0 heterocycles. The van der Waals surface area contributed by atoms with Crippen LogP contribution in [-0.4, -0.2) is 18.6 Å². The maximum atomic E-state index is 12.0. The molecule has 1 unspecified atom stereocenters. The number of unbranched alkanes of at least 4 members (excludes halogenated alkanes) is 4. The lowest BCUT2D eigenvalue weighted by Crippen LogP contribution is -2.28. The third kappa shape index (κ3) is 6.63. The molecule has 0 aliphatic rings. The second kappa shape index (κ2) is 9.40. The molecule has 21 heavy (non-hydrogen) atoms. The molecule has 118 valence electrons. The maximum absolute atomic E-state index is 12.0. The molecule has 4 heteroatoms. The highest BCUT2D eigenvalue weighted by Crippen LogP contribution is 2.18. The van der Waals surface area contributed by atoms with Gasteiger partial charge in [0.1, 0.15) is 6.10 Å². The van der Waals surface area contributed by atoms with E-state index in [0.717, 1.165) is 17.7 Å². The summed E-state index contributed by atoms with van der Waals surface area (Å²) >= 11 is 0. The van der Waals surface area contributed by atoms with Crippen molar-refractivity contribution in [2.75, 3.05) is 17.7 Å². The van der Waals surface area contributed by atoms with Gasteiger partial charge in [-0.3, -0.25) is 4.79 Å². The first kappa shape index (κ1) is 17.5. The molecule has 0 saturated carbocycles. The molecule has 0 bridgehead atoms. The van der Waals surface area contributed by atoms with Gasteiger partial charge in [0.2, 0.25) is 0 Å². The number of nitrogens with one attached hydrogen (secondary N) is 1. The summed E-state index contributed by atoms with van der Waals surface area (Å²) in [4.78, 5) is 12.0. The van der Waals surface area contributed by atoms with E-state index < -0.39 is 6.10 Å².